The molecule has 98 valence electrons. The molecule has 0 aliphatic rings. The Morgan fingerprint density at radius 1 is 1.21 bits per heavy atom. The molecule has 0 aliphatic heterocycles. The quantitative estimate of drug-likeness (QED) is 0.778. The number of carbonyl (C=O) groups excluding carboxylic acids is 1. The molecule has 0 N–H and O–H groups in total. The van der Waals surface area contributed by atoms with Gasteiger partial charge in [0.15, 0.2) is 6.29 Å². The molecule has 2 rings (SSSR count). The van der Waals surface area contributed by atoms with Crippen molar-refractivity contribution in [3.05, 3.63) is 63.1 Å². The molecule has 0 bridgehead atoms. The van der Waals surface area contributed by atoms with Crippen molar-refractivity contribution in [3.63, 3.8) is 0 Å². The van der Waals surface area contributed by atoms with E-state index >= 15 is 0 Å². The fourth-order valence-corrected chi connectivity index (χ4v) is 2.37. The van der Waals surface area contributed by atoms with Gasteiger partial charge in [0.1, 0.15) is 12.4 Å². The minimum absolute atomic E-state index is 0.455. The van der Waals surface area contributed by atoms with Gasteiger partial charge < -0.3 is 4.74 Å². The second-order valence-electron chi connectivity index (χ2n) is 4.49. The van der Waals surface area contributed by atoms with Crippen molar-refractivity contribution in [1.82, 2.24) is 0 Å². The summed E-state index contributed by atoms with van der Waals surface area (Å²) in [5, 5.41) is 0. The molecule has 2 nitrogen and oxygen atoms in total. The number of hydrogen-bond donors (Lipinski definition) is 0. The van der Waals surface area contributed by atoms with Gasteiger partial charge in [-0.2, -0.15) is 0 Å². The molecule has 0 saturated carbocycles. The Morgan fingerprint density at radius 2 is 2.00 bits per heavy atom. The van der Waals surface area contributed by atoms with Crippen LogP contribution in [0.2, 0.25) is 0 Å². The Bertz CT molecular complexity index is 606. The van der Waals surface area contributed by atoms with Crippen LogP contribution in [-0.4, -0.2) is 6.29 Å². The first-order valence-electron chi connectivity index (χ1n) is 6.04. The van der Waals surface area contributed by atoms with Crippen LogP contribution in [0.3, 0.4) is 0 Å². The van der Waals surface area contributed by atoms with E-state index in [9.17, 15) is 4.79 Å². The van der Waals surface area contributed by atoms with E-state index in [-0.39, 0.29) is 0 Å². The molecular weight excluding hydrogens is 304 g/mol. The van der Waals surface area contributed by atoms with E-state index in [0.717, 1.165) is 16.3 Å². The lowest BCUT2D eigenvalue weighted by Crippen LogP contribution is -2.01. The summed E-state index contributed by atoms with van der Waals surface area (Å²) in [5.41, 5.74) is 4.07. The summed E-state index contributed by atoms with van der Waals surface area (Å²) in [5.74, 6) is 0.596. The molecule has 0 aliphatic carbocycles. The summed E-state index contributed by atoms with van der Waals surface area (Å²) >= 11 is 3.41. The SMILES string of the molecule is Cc1ccc(C)c(COc2c(Br)cccc2C=O)c1. The second-order valence-corrected chi connectivity index (χ2v) is 5.35. The third-order valence-electron chi connectivity index (χ3n) is 3.00. The van der Waals surface area contributed by atoms with Gasteiger partial charge >= 0.3 is 0 Å². The van der Waals surface area contributed by atoms with Crippen molar-refractivity contribution in [2.24, 2.45) is 0 Å². The molecule has 3 heteroatoms. The Morgan fingerprint density at radius 3 is 2.74 bits per heavy atom. The fraction of sp³-hybridized carbons (Fsp3) is 0.188. The molecule has 0 radical (unpaired) electrons. The molecule has 0 atom stereocenters. The molecule has 0 saturated heterocycles. The van der Waals surface area contributed by atoms with E-state index in [2.05, 4.69) is 48.0 Å². The fourth-order valence-electron chi connectivity index (χ4n) is 1.88. The Kier molecular flexibility index (Phi) is 4.38. The maximum atomic E-state index is 11.0. The predicted octanol–water partition coefficient (Wildman–Crippen LogP) is 4.46. The summed E-state index contributed by atoms with van der Waals surface area (Å²) in [6.45, 7) is 4.56. The van der Waals surface area contributed by atoms with Crippen LogP contribution in [0.1, 0.15) is 27.0 Å². The third kappa shape index (κ3) is 3.24. The number of aldehydes is 1. The molecule has 0 unspecified atom stereocenters. The van der Waals surface area contributed by atoms with Gasteiger partial charge in [0.05, 0.1) is 10.0 Å². The first-order chi connectivity index (χ1) is 9.11. The van der Waals surface area contributed by atoms with Crippen LogP contribution >= 0.6 is 15.9 Å². The molecule has 0 aromatic heterocycles. The highest BCUT2D eigenvalue weighted by atomic mass is 79.9. The number of aryl methyl sites for hydroxylation is 2. The average molecular weight is 319 g/mol. The van der Waals surface area contributed by atoms with Gasteiger partial charge in [-0.25, -0.2) is 0 Å². The van der Waals surface area contributed by atoms with Gasteiger partial charge in [-0.15, -0.1) is 0 Å². The van der Waals surface area contributed by atoms with E-state index in [1.54, 1.807) is 6.07 Å². The number of hydrogen-bond acceptors (Lipinski definition) is 2. The van der Waals surface area contributed by atoms with Crippen molar-refractivity contribution in [1.29, 1.82) is 0 Å². The van der Waals surface area contributed by atoms with Crippen LogP contribution in [0, 0.1) is 13.8 Å². The number of benzene rings is 2. The van der Waals surface area contributed by atoms with Crippen LogP contribution in [0.5, 0.6) is 5.75 Å². The summed E-state index contributed by atoms with van der Waals surface area (Å²) < 4.78 is 6.60. The summed E-state index contributed by atoms with van der Waals surface area (Å²) in [6.07, 6.45) is 0.809. The van der Waals surface area contributed by atoms with Gasteiger partial charge in [-0.3, -0.25) is 4.79 Å². The van der Waals surface area contributed by atoms with Gasteiger partial charge in [-0.05, 0) is 53.0 Å². The average Bonchev–Trinajstić information content (AvgIpc) is 2.40. The molecule has 2 aromatic carbocycles. The van der Waals surface area contributed by atoms with Crippen LogP contribution in [0.4, 0.5) is 0 Å². The normalized spacial score (nSPS) is 10.3. The number of para-hydroxylation sites is 1. The number of ether oxygens (including phenoxy) is 1. The van der Waals surface area contributed by atoms with Crippen molar-refractivity contribution in [2.45, 2.75) is 20.5 Å². The van der Waals surface area contributed by atoms with Crippen LogP contribution < -0.4 is 4.74 Å². The molecule has 0 fully saturated rings. The maximum Gasteiger partial charge on any atom is 0.153 e. The Hall–Kier alpha value is -1.61. The van der Waals surface area contributed by atoms with E-state index < -0.39 is 0 Å². The Balaban J connectivity index is 2.23. The topological polar surface area (TPSA) is 26.3 Å². The van der Waals surface area contributed by atoms with E-state index in [1.165, 1.54) is 11.1 Å². The first kappa shape index (κ1) is 13.8. The highest BCUT2D eigenvalue weighted by Crippen LogP contribution is 2.29. The highest BCUT2D eigenvalue weighted by molar-refractivity contribution is 9.10. The highest BCUT2D eigenvalue weighted by Gasteiger charge is 2.08. The zero-order valence-corrected chi connectivity index (χ0v) is 12.5. The van der Waals surface area contributed by atoms with Gasteiger partial charge in [0.25, 0.3) is 0 Å². The molecular formula is C16H15BrO2. The van der Waals surface area contributed by atoms with Crippen molar-refractivity contribution < 1.29 is 9.53 Å². The van der Waals surface area contributed by atoms with Crippen molar-refractivity contribution >= 4 is 22.2 Å². The van der Waals surface area contributed by atoms with Gasteiger partial charge in [-0.1, -0.05) is 29.8 Å². The number of halogens is 1. The molecule has 19 heavy (non-hydrogen) atoms. The van der Waals surface area contributed by atoms with Crippen LogP contribution in [-0.2, 0) is 6.61 Å². The largest absolute Gasteiger partial charge is 0.487 e. The lowest BCUT2D eigenvalue weighted by Gasteiger charge is -2.12. The summed E-state index contributed by atoms with van der Waals surface area (Å²) in [6, 6.07) is 11.7. The smallest absolute Gasteiger partial charge is 0.153 e. The zero-order chi connectivity index (χ0) is 13.8. The van der Waals surface area contributed by atoms with E-state index in [1.807, 2.05) is 12.1 Å². The number of rotatable bonds is 4. The standard InChI is InChI=1S/C16H15BrO2/c1-11-6-7-12(2)14(8-11)10-19-16-13(9-18)4-3-5-15(16)17/h3-9H,10H2,1-2H3. The van der Waals surface area contributed by atoms with Gasteiger partial charge in [0.2, 0.25) is 0 Å². The van der Waals surface area contributed by atoms with Crippen molar-refractivity contribution in [2.75, 3.05) is 0 Å². The lowest BCUT2D eigenvalue weighted by molar-refractivity contribution is 0.111. The Labute approximate surface area is 121 Å². The number of carbonyl (C=O) groups is 1. The molecule has 0 spiro atoms. The van der Waals surface area contributed by atoms with E-state index in [0.29, 0.717) is 17.9 Å². The molecule has 2 aromatic rings. The summed E-state index contributed by atoms with van der Waals surface area (Å²) in [4.78, 5) is 11.0. The van der Waals surface area contributed by atoms with Crippen LogP contribution in [0.15, 0.2) is 40.9 Å². The van der Waals surface area contributed by atoms with Gasteiger partial charge in [0, 0.05) is 0 Å². The third-order valence-corrected chi connectivity index (χ3v) is 3.63. The second kappa shape index (κ2) is 6.02. The minimum Gasteiger partial charge on any atom is -0.487 e. The lowest BCUT2D eigenvalue weighted by atomic mass is 10.1. The molecule has 0 amide bonds. The van der Waals surface area contributed by atoms with Crippen molar-refractivity contribution in [3.8, 4) is 5.75 Å². The summed E-state index contributed by atoms with van der Waals surface area (Å²) in [7, 11) is 0. The monoisotopic (exact) mass is 318 g/mol. The predicted molar refractivity (Wildman–Crippen MR) is 79.8 cm³/mol. The zero-order valence-electron chi connectivity index (χ0n) is 10.9. The first-order valence-corrected chi connectivity index (χ1v) is 6.83. The maximum absolute atomic E-state index is 11.0. The minimum atomic E-state index is 0.455. The molecule has 0 heterocycles. The van der Waals surface area contributed by atoms with E-state index in [4.69, 9.17) is 4.74 Å². The van der Waals surface area contributed by atoms with Crippen LogP contribution in [0.25, 0.3) is 0 Å².